The standard InChI is InChI=1S/C27H27NO3/c1-18-14-19(2)26-23(15-18)24(29)17-27(31-26)10-12-28(13-11-27)25(30)16-21-8-5-7-20-6-3-4-9-22(20)21/h3-9,14-15H,10-13,16-17H2,1-2H3. The number of Topliss-reactive ketones (excluding diaryl/α,β-unsaturated/α-hetero) is 1. The molecule has 5 rings (SSSR count). The van der Waals surface area contributed by atoms with Crippen LogP contribution in [-0.2, 0) is 11.2 Å². The van der Waals surface area contributed by atoms with Crippen LogP contribution in [0.2, 0.25) is 0 Å². The number of ether oxygens (including phenoxy) is 1. The monoisotopic (exact) mass is 413 g/mol. The van der Waals surface area contributed by atoms with Crippen molar-refractivity contribution in [3.63, 3.8) is 0 Å². The molecule has 2 aliphatic heterocycles. The number of rotatable bonds is 2. The van der Waals surface area contributed by atoms with Crippen LogP contribution in [0.1, 0.15) is 46.3 Å². The molecule has 3 aromatic rings. The largest absolute Gasteiger partial charge is 0.486 e. The molecule has 0 saturated carbocycles. The van der Waals surface area contributed by atoms with Crippen molar-refractivity contribution in [3.05, 3.63) is 76.9 Å². The summed E-state index contributed by atoms with van der Waals surface area (Å²) >= 11 is 0. The lowest BCUT2D eigenvalue weighted by Gasteiger charge is -2.44. The summed E-state index contributed by atoms with van der Waals surface area (Å²) in [5, 5.41) is 2.29. The van der Waals surface area contributed by atoms with E-state index in [9.17, 15) is 9.59 Å². The molecule has 158 valence electrons. The van der Waals surface area contributed by atoms with Gasteiger partial charge in [0.1, 0.15) is 11.4 Å². The highest BCUT2D eigenvalue weighted by molar-refractivity contribution is 6.01. The molecule has 31 heavy (non-hydrogen) atoms. The van der Waals surface area contributed by atoms with Crippen molar-refractivity contribution >= 4 is 22.5 Å². The van der Waals surface area contributed by atoms with Crippen LogP contribution in [-0.4, -0.2) is 35.3 Å². The molecule has 1 fully saturated rings. The minimum Gasteiger partial charge on any atom is -0.486 e. The quantitative estimate of drug-likeness (QED) is 0.592. The number of aryl methyl sites for hydroxylation is 2. The van der Waals surface area contributed by atoms with Gasteiger partial charge in [-0.05, 0) is 47.4 Å². The van der Waals surface area contributed by atoms with E-state index in [1.54, 1.807) is 0 Å². The summed E-state index contributed by atoms with van der Waals surface area (Å²) in [5.74, 6) is 1.03. The van der Waals surface area contributed by atoms with Crippen molar-refractivity contribution in [2.75, 3.05) is 13.1 Å². The van der Waals surface area contributed by atoms with E-state index < -0.39 is 5.60 Å². The molecule has 0 aromatic heterocycles. The van der Waals surface area contributed by atoms with Gasteiger partial charge in [0.15, 0.2) is 5.78 Å². The fourth-order valence-corrected chi connectivity index (χ4v) is 5.10. The lowest BCUT2D eigenvalue weighted by atomic mass is 9.81. The number of benzene rings is 3. The highest BCUT2D eigenvalue weighted by Crippen LogP contribution is 2.41. The van der Waals surface area contributed by atoms with Crippen LogP contribution in [0, 0.1) is 13.8 Å². The average Bonchev–Trinajstić information content (AvgIpc) is 2.75. The number of amides is 1. The van der Waals surface area contributed by atoms with Crippen molar-refractivity contribution in [2.45, 2.75) is 45.1 Å². The van der Waals surface area contributed by atoms with Gasteiger partial charge in [0.05, 0.1) is 18.4 Å². The minimum absolute atomic E-state index is 0.139. The van der Waals surface area contributed by atoms with E-state index in [2.05, 4.69) is 24.3 Å². The SMILES string of the molecule is Cc1cc(C)c2c(c1)C(=O)CC1(CCN(C(=O)Cc3cccc4ccccc34)CC1)O2. The Balaban J connectivity index is 1.30. The summed E-state index contributed by atoms with van der Waals surface area (Å²) in [6, 6.07) is 18.3. The Morgan fingerprint density at radius 3 is 2.58 bits per heavy atom. The van der Waals surface area contributed by atoms with Gasteiger partial charge in [0, 0.05) is 25.9 Å². The molecule has 4 nitrogen and oxygen atoms in total. The maximum absolute atomic E-state index is 13.1. The van der Waals surface area contributed by atoms with Crippen molar-refractivity contribution in [3.8, 4) is 5.75 Å². The zero-order valence-corrected chi connectivity index (χ0v) is 18.1. The Morgan fingerprint density at radius 1 is 1.03 bits per heavy atom. The molecule has 0 bridgehead atoms. The second-order valence-electron chi connectivity index (χ2n) is 9.04. The first kappa shape index (κ1) is 19.8. The van der Waals surface area contributed by atoms with Gasteiger partial charge in [-0.2, -0.15) is 0 Å². The van der Waals surface area contributed by atoms with Crippen LogP contribution in [0.3, 0.4) is 0 Å². The summed E-state index contributed by atoms with van der Waals surface area (Å²) in [4.78, 5) is 27.9. The highest BCUT2D eigenvalue weighted by atomic mass is 16.5. The van der Waals surface area contributed by atoms with Gasteiger partial charge in [-0.25, -0.2) is 0 Å². The maximum Gasteiger partial charge on any atom is 0.227 e. The Hall–Kier alpha value is -3.14. The summed E-state index contributed by atoms with van der Waals surface area (Å²) in [7, 11) is 0. The predicted octanol–water partition coefficient (Wildman–Crippen LogP) is 5.03. The number of hydrogen-bond acceptors (Lipinski definition) is 3. The number of carbonyl (C=O) groups excluding carboxylic acids is 2. The number of piperidine rings is 1. The lowest BCUT2D eigenvalue weighted by molar-refractivity contribution is -0.134. The number of fused-ring (bicyclic) bond motifs is 2. The van der Waals surface area contributed by atoms with Crippen molar-refractivity contribution in [1.82, 2.24) is 4.90 Å². The molecule has 0 radical (unpaired) electrons. The molecule has 0 N–H and O–H groups in total. The molecule has 0 unspecified atom stereocenters. The molecule has 1 saturated heterocycles. The van der Waals surface area contributed by atoms with Crippen LogP contribution >= 0.6 is 0 Å². The van der Waals surface area contributed by atoms with E-state index in [1.807, 2.05) is 49.1 Å². The van der Waals surface area contributed by atoms with Crippen LogP contribution in [0.4, 0.5) is 0 Å². The summed E-state index contributed by atoms with van der Waals surface area (Å²) in [5.41, 5.74) is 3.38. The minimum atomic E-state index is -0.486. The summed E-state index contributed by atoms with van der Waals surface area (Å²) in [6.07, 6.45) is 2.17. The normalized spacial score (nSPS) is 17.5. The average molecular weight is 414 g/mol. The topological polar surface area (TPSA) is 46.6 Å². The van der Waals surface area contributed by atoms with Gasteiger partial charge in [-0.1, -0.05) is 48.5 Å². The Bertz CT molecular complexity index is 1180. The molecule has 4 heteroatoms. The lowest BCUT2D eigenvalue weighted by Crippen LogP contribution is -2.52. The van der Waals surface area contributed by atoms with Gasteiger partial charge in [-0.15, -0.1) is 0 Å². The molecular weight excluding hydrogens is 386 g/mol. The first-order chi connectivity index (χ1) is 14.9. The van der Waals surface area contributed by atoms with Gasteiger partial charge < -0.3 is 9.64 Å². The van der Waals surface area contributed by atoms with E-state index in [4.69, 9.17) is 4.74 Å². The van der Waals surface area contributed by atoms with E-state index in [0.29, 0.717) is 44.3 Å². The maximum atomic E-state index is 13.1. The second-order valence-corrected chi connectivity index (χ2v) is 9.04. The second kappa shape index (κ2) is 7.52. The molecular formula is C27H27NO3. The third-order valence-electron chi connectivity index (χ3n) is 6.77. The van der Waals surface area contributed by atoms with Gasteiger partial charge in [-0.3, -0.25) is 9.59 Å². The molecule has 1 amide bonds. The van der Waals surface area contributed by atoms with Crippen LogP contribution in [0.5, 0.6) is 5.75 Å². The van der Waals surface area contributed by atoms with E-state index in [1.165, 1.54) is 0 Å². The Labute approximate surface area is 182 Å². The molecule has 1 spiro atoms. The van der Waals surface area contributed by atoms with E-state index >= 15 is 0 Å². The first-order valence-electron chi connectivity index (χ1n) is 11.0. The fourth-order valence-electron chi connectivity index (χ4n) is 5.10. The molecule has 0 aliphatic carbocycles. The van der Waals surface area contributed by atoms with Gasteiger partial charge >= 0.3 is 0 Å². The number of ketones is 1. The van der Waals surface area contributed by atoms with Crippen molar-refractivity contribution < 1.29 is 14.3 Å². The Morgan fingerprint density at radius 2 is 1.77 bits per heavy atom. The Kier molecular flexibility index (Phi) is 4.81. The molecule has 2 aliphatic rings. The zero-order valence-electron chi connectivity index (χ0n) is 18.1. The van der Waals surface area contributed by atoms with Crippen LogP contribution < -0.4 is 4.74 Å². The number of likely N-dealkylation sites (tertiary alicyclic amines) is 1. The van der Waals surface area contributed by atoms with E-state index in [0.717, 1.165) is 33.2 Å². The summed E-state index contributed by atoms with van der Waals surface area (Å²) < 4.78 is 6.46. The van der Waals surface area contributed by atoms with Crippen LogP contribution in [0.25, 0.3) is 10.8 Å². The first-order valence-corrected chi connectivity index (χ1v) is 11.0. The molecule has 2 heterocycles. The number of hydrogen-bond donors (Lipinski definition) is 0. The van der Waals surface area contributed by atoms with Crippen molar-refractivity contribution in [2.24, 2.45) is 0 Å². The van der Waals surface area contributed by atoms with Crippen molar-refractivity contribution in [1.29, 1.82) is 0 Å². The summed E-state index contributed by atoms with van der Waals surface area (Å²) in [6.45, 7) is 5.25. The third kappa shape index (κ3) is 3.60. The van der Waals surface area contributed by atoms with Crippen LogP contribution in [0.15, 0.2) is 54.6 Å². The number of carbonyl (C=O) groups is 2. The smallest absolute Gasteiger partial charge is 0.227 e. The van der Waals surface area contributed by atoms with E-state index in [-0.39, 0.29) is 11.7 Å². The zero-order chi connectivity index (χ0) is 21.6. The van der Waals surface area contributed by atoms with Gasteiger partial charge in [0.25, 0.3) is 0 Å². The highest BCUT2D eigenvalue weighted by Gasteiger charge is 2.44. The predicted molar refractivity (Wildman–Crippen MR) is 122 cm³/mol. The number of nitrogens with zero attached hydrogens (tertiary/aromatic N) is 1. The van der Waals surface area contributed by atoms with Gasteiger partial charge in [0.2, 0.25) is 5.91 Å². The molecule has 0 atom stereocenters. The molecule has 3 aromatic carbocycles. The third-order valence-corrected chi connectivity index (χ3v) is 6.77. The fraction of sp³-hybridized carbons (Fsp3) is 0.333.